The third-order valence-corrected chi connectivity index (χ3v) is 4.22. The van der Waals surface area contributed by atoms with Crippen LogP contribution in [0.25, 0.3) is 10.9 Å². The van der Waals surface area contributed by atoms with Crippen molar-refractivity contribution in [2.45, 2.75) is 19.3 Å². The maximum Gasteiger partial charge on any atom is 0.273 e. The molecule has 1 aromatic heterocycles. The van der Waals surface area contributed by atoms with Gasteiger partial charge in [0.15, 0.2) is 5.69 Å². The smallest absolute Gasteiger partial charge is 0.273 e. The Morgan fingerprint density at radius 1 is 1.41 bits per heavy atom. The van der Waals surface area contributed by atoms with Crippen molar-refractivity contribution in [1.82, 2.24) is 9.78 Å². The number of ether oxygens (including phenoxy) is 1. The minimum Gasteiger partial charge on any atom is -0.381 e. The van der Waals surface area contributed by atoms with E-state index in [2.05, 4.69) is 5.10 Å². The topological polar surface area (TPSA) is 87.2 Å². The van der Waals surface area contributed by atoms with Crippen LogP contribution < -0.4 is 11.2 Å². The summed E-state index contributed by atoms with van der Waals surface area (Å²) in [5, 5.41) is 4.45. The van der Waals surface area contributed by atoms with Crippen LogP contribution in [0.1, 0.15) is 28.9 Å². The summed E-state index contributed by atoms with van der Waals surface area (Å²) in [6.45, 7) is 1.60. The molecule has 1 amide bonds. The van der Waals surface area contributed by atoms with Gasteiger partial charge in [0.25, 0.3) is 5.91 Å². The Balaban J connectivity index is 2.02. The molecule has 1 aliphatic heterocycles. The third kappa shape index (κ3) is 2.74. The summed E-state index contributed by atoms with van der Waals surface area (Å²) in [5.74, 6) is -0.218. The van der Waals surface area contributed by atoms with Gasteiger partial charge in [-0.25, -0.2) is 0 Å². The van der Waals surface area contributed by atoms with Crippen LogP contribution in [0.4, 0.5) is 0 Å². The van der Waals surface area contributed by atoms with E-state index in [1.54, 1.807) is 7.05 Å². The first-order valence-electron chi connectivity index (χ1n) is 7.44. The Bertz CT molecular complexity index is 776. The van der Waals surface area contributed by atoms with Crippen LogP contribution in [0.2, 0.25) is 0 Å². The maximum absolute atomic E-state index is 12.4. The average molecular weight is 301 g/mol. The van der Waals surface area contributed by atoms with Crippen molar-refractivity contribution in [3.05, 3.63) is 39.7 Å². The van der Waals surface area contributed by atoms with Crippen LogP contribution in [0.3, 0.4) is 0 Å². The number of aryl methyl sites for hydroxylation is 1. The zero-order valence-corrected chi connectivity index (χ0v) is 12.5. The fourth-order valence-electron chi connectivity index (χ4n) is 3.00. The fourth-order valence-corrected chi connectivity index (χ4v) is 3.00. The van der Waals surface area contributed by atoms with Gasteiger partial charge in [0.2, 0.25) is 5.43 Å². The normalized spacial score (nSPS) is 16.0. The summed E-state index contributed by atoms with van der Waals surface area (Å²) in [7, 11) is 1.70. The SMILES string of the molecule is Cn1nc(C(N)=O)c(=O)c2cc(CC3CCOCC3)ccc21. The molecule has 2 N–H and O–H groups in total. The van der Waals surface area contributed by atoms with Crippen LogP contribution in [-0.2, 0) is 18.2 Å². The molecule has 2 heterocycles. The second-order valence-corrected chi connectivity index (χ2v) is 5.78. The summed E-state index contributed by atoms with van der Waals surface area (Å²) in [6.07, 6.45) is 2.99. The van der Waals surface area contributed by atoms with E-state index < -0.39 is 11.3 Å². The Labute approximate surface area is 127 Å². The molecule has 22 heavy (non-hydrogen) atoms. The molecule has 1 aromatic carbocycles. The lowest BCUT2D eigenvalue weighted by atomic mass is 9.92. The first-order valence-corrected chi connectivity index (χ1v) is 7.44. The van der Waals surface area contributed by atoms with Crippen LogP contribution in [0.15, 0.2) is 23.0 Å². The lowest BCUT2D eigenvalue weighted by molar-refractivity contribution is 0.0665. The molecule has 0 radical (unpaired) electrons. The predicted molar refractivity (Wildman–Crippen MR) is 82.7 cm³/mol. The molecule has 0 saturated carbocycles. The summed E-state index contributed by atoms with van der Waals surface area (Å²) in [4.78, 5) is 23.7. The fraction of sp³-hybridized carbons (Fsp3) is 0.438. The summed E-state index contributed by atoms with van der Waals surface area (Å²) >= 11 is 0. The van der Waals surface area contributed by atoms with Crippen molar-refractivity contribution in [3.8, 4) is 0 Å². The lowest BCUT2D eigenvalue weighted by Gasteiger charge is -2.22. The van der Waals surface area contributed by atoms with Gasteiger partial charge in [-0.2, -0.15) is 5.10 Å². The highest BCUT2D eigenvalue weighted by atomic mass is 16.5. The molecule has 1 fully saturated rings. The van der Waals surface area contributed by atoms with Crippen LogP contribution in [0, 0.1) is 5.92 Å². The largest absolute Gasteiger partial charge is 0.381 e. The number of primary amides is 1. The van der Waals surface area contributed by atoms with Gasteiger partial charge in [-0.1, -0.05) is 6.07 Å². The molecule has 0 spiro atoms. The summed E-state index contributed by atoms with van der Waals surface area (Å²) in [5.41, 5.74) is 6.42. The van der Waals surface area contributed by atoms with Crippen LogP contribution in [-0.4, -0.2) is 28.9 Å². The number of benzene rings is 1. The van der Waals surface area contributed by atoms with E-state index in [4.69, 9.17) is 10.5 Å². The van der Waals surface area contributed by atoms with Crippen molar-refractivity contribution in [1.29, 1.82) is 0 Å². The summed E-state index contributed by atoms with van der Waals surface area (Å²) in [6, 6.07) is 5.76. The molecule has 6 heteroatoms. The first-order chi connectivity index (χ1) is 10.6. The third-order valence-electron chi connectivity index (χ3n) is 4.22. The number of nitrogens with two attached hydrogens (primary N) is 1. The highest BCUT2D eigenvalue weighted by Crippen LogP contribution is 2.21. The molecule has 0 bridgehead atoms. The molecule has 116 valence electrons. The highest BCUT2D eigenvalue weighted by Gasteiger charge is 2.17. The number of hydrogen-bond acceptors (Lipinski definition) is 4. The van der Waals surface area contributed by atoms with Gasteiger partial charge < -0.3 is 10.5 Å². The number of fused-ring (bicyclic) bond motifs is 1. The molecule has 6 nitrogen and oxygen atoms in total. The standard InChI is InChI=1S/C16H19N3O3/c1-19-13-3-2-11(8-10-4-6-22-7-5-10)9-12(13)15(20)14(18-19)16(17)21/h2-3,9-10H,4-8H2,1H3,(H2,17,21). The van der Waals surface area contributed by atoms with Gasteiger partial charge in [0.05, 0.1) is 10.9 Å². The van der Waals surface area contributed by atoms with Gasteiger partial charge >= 0.3 is 0 Å². The van der Waals surface area contributed by atoms with E-state index in [1.165, 1.54) is 4.68 Å². The molecule has 0 aliphatic carbocycles. The van der Waals surface area contributed by atoms with Gasteiger partial charge in [-0.15, -0.1) is 0 Å². The van der Waals surface area contributed by atoms with Crippen molar-refractivity contribution >= 4 is 16.8 Å². The molecule has 0 unspecified atom stereocenters. The number of carbonyl (C=O) groups is 1. The molecule has 0 atom stereocenters. The van der Waals surface area contributed by atoms with Gasteiger partial charge in [-0.3, -0.25) is 14.3 Å². The Kier molecular flexibility index (Phi) is 3.94. The van der Waals surface area contributed by atoms with E-state index in [1.807, 2.05) is 18.2 Å². The number of amides is 1. The van der Waals surface area contributed by atoms with E-state index in [-0.39, 0.29) is 5.69 Å². The van der Waals surface area contributed by atoms with Crippen molar-refractivity contribution in [2.75, 3.05) is 13.2 Å². The Morgan fingerprint density at radius 2 is 2.14 bits per heavy atom. The minimum absolute atomic E-state index is 0.210. The van der Waals surface area contributed by atoms with Gasteiger partial charge in [0, 0.05) is 20.3 Å². The molecule has 1 aliphatic rings. The number of aromatic nitrogens is 2. The first kappa shape index (κ1) is 14.7. The zero-order valence-electron chi connectivity index (χ0n) is 12.5. The average Bonchev–Trinajstić information content (AvgIpc) is 2.51. The monoisotopic (exact) mass is 301 g/mol. The predicted octanol–water partition coefficient (Wildman–Crippen LogP) is 1.00. The van der Waals surface area contributed by atoms with Gasteiger partial charge in [0.1, 0.15) is 0 Å². The summed E-state index contributed by atoms with van der Waals surface area (Å²) < 4.78 is 6.89. The van der Waals surface area contributed by atoms with Crippen LogP contribution in [0.5, 0.6) is 0 Å². The molecule has 2 aromatic rings. The second-order valence-electron chi connectivity index (χ2n) is 5.78. The van der Waals surface area contributed by atoms with Gasteiger partial charge in [-0.05, 0) is 42.9 Å². The number of carbonyl (C=O) groups excluding carboxylic acids is 1. The number of hydrogen-bond donors (Lipinski definition) is 1. The number of nitrogens with zero attached hydrogens (tertiary/aromatic N) is 2. The van der Waals surface area contributed by atoms with Crippen molar-refractivity contribution in [3.63, 3.8) is 0 Å². The lowest BCUT2D eigenvalue weighted by Crippen LogP contribution is -2.26. The molecular weight excluding hydrogens is 282 g/mol. The maximum atomic E-state index is 12.4. The van der Waals surface area contributed by atoms with E-state index in [0.29, 0.717) is 16.8 Å². The highest BCUT2D eigenvalue weighted by molar-refractivity contribution is 5.94. The van der Waals surface area contributed by atoms with Crippen molar-refractivity contribution in [2.24, 2.45) is 18.7 Å². The van der Waals surface area contributed by atoms with Crippen LogP contribution >= 0.6 is 0 Å². The van der Waals surface area contributed by atoms with E-state index >= 15 is 0 Å². The Morgan fingerprint density at radius 3 is 2.82 bits per heavy atom. The zero-order chi connectivity index (χ0) is 15.7. The number of rotatable bonds is 3. The van der Waals surface area contributed by atoms with Crippen molar-refractivity contribution < 1.29 is 9.53 Å². The quantitative estimate of drug-likeness (QED) is 0.916. The van der Waals surface area contributed by atoms with E-state index in [9.17, 15) is 9.59 Å². The minimum atomic E-state index is -0.794. The molecule has 1 saturated heterocycles. The second kappa shape index (κ2) is 5.88. The molecule has 3 rings (SSSR count). The molecular formula is C16H19N3O3. The Hall–Kier alpha value is -2.21. The van der Waals surface area contributed by atoms with E-state index in [0.717, 1.165) is 38.0 Å².